The van der Waals surface area contributed by atoms with E-state index in [0.717, 1.165) is 15.6 Å². The van der Waals surface area contributed by atoms with E-state index < -0.39 is 7.82 Å². The molecule has 198 valence electrons. The molecular weight excluding hydrogens is 457 g/mol. The molecule has 0 aliphatic carbocycles. The number of nitrogens with zero attached hydrogens (tertiary/aromatic N) is 1. The Kier molecular flexibility index (Phi) is 16.9. The lowest BCUT2D eigenvalue weighted by Crippen LogP contribution is -2.35. The first kappa shape index (κ1) is 31.5. The second kappa shape index (κ2) is 18.7. The SMILES string of the molecule is CCCCCCCCCCCC[N+](C)(C)C.O=P([O-])(OCc1ccccc1)OCc1ccccc1. The molecule has 0 saturated carbocycles. The summed E-state index contributed by atoms with van der Waals surface area (Å²) < 4.78 is 22.3. The van der Waals surface area contributed by atoms with Crippen LogP contribution in [0.15, 0.2) is 60.7 Å². The third-order valence-corrected chi connectivity index (χ3v) is 6.54. The molecule has 2 aromatic carbocycles. The van der Waals surface area contributed by atoms with Gasteiger partial charge in [0.15, 0.2) is 0 Å². The van der Waals surface area contributed by atoms with Crippen molar-refractivity contribution in [2.45, 2.75) is 84.3 Å². The summed E-state index contributed by atoms with van der Waals surface area (Å²) in [5.41, 5.74) is 1.56. The fraction of sp³-hybridized carbons (Fsp3) is 0.586. The molecule has 0 N–H and O–H groups in total. The van der Waals surface area contributed by atoms with Crippen LogP contribution in [0.25, 0.3) is 0 Å². The molecule has 2 aromatic rings. The highest BCUT2D eigenvalue weighted by atomic mass is 31.2. The number of phosphoric ester groups is 1. The zero-order chi connectivity index (χ0) is 25.8. The van der Waals surface area contributed by atoms with Crippen LogP contribution in [-0.4, -0.2) is 32.2 Å². The van der Waals surface area contributed by atoms with Gasteiger partial charge in [-0.25, -0.2) is 0 Å². The first-order valence-corrected chi connectivity index (χ1v) is 14.7. The summed E-state index contributed by atoms with van der Waals surface area (Å²) in [6, 6.07) is 18.1. The van der Waals surface area contributed by atoms with Crippen molar-refractivity contribution in [1.29, 1.82) is 0 Å². The van der Waals surface area contributed by atoms with Gasteiger partial charge in [-0.15, -0.1) is 0 Å². The van der Waals surface area contributed by atoms with Gasteiger partial charge in [0.2, 0.25) is 0 Å². The number of hydrogen-bond acceptors (Lipinski definition) is 4. The number of phosphoric acid groups is 1. The third-order valence-electron chi connectivity index (χ3n) is 5.65. The van der Waals surface area contributed by atoms with Crippen LogP contribution in [-0.2, 0) is 26.8 Å². The van der Waals surface area contributed by atoms with Gasteiger partial charge in [0.1, 0.15) is 0 Å². The molecular formula is C29H48NO4P. The second-order valence-electron chi connectivity index (χ2n) is 10.2. The van der Waals surface area contributed by atoms with Crippen LogP contribution in [0, 0.1) is 0 Å². The van der Waals surface area contributed by atoms with Crippen molar-refractivity contribution in [3.8, 4) is 0 Å². The number of hydrogen-bond donors (Lipinski definition) is 0. The molecule has 0 atom stereocenters. The molecule has 0 unspecified atom stereocenters. The van der Waals surface area contributed by atoms with Crippen molar-refractivity contribution >= 4 is 7.82 Å². The third kappa shape index (κ3) is 19.4. The van der Waals surface area contributed by atoms with E-state index >= 15 is 0 Å². The minimum absolute atomic E-state index is 0.0175. The Balaban J connectivity index is 0.000000357. The Hall–Kier alpha value is -1.49. The molecule has 2 rings (SSSR count). The second-order valence-corrected chi connectivity index (χ2v) is 11.6. The Morgan fingerprint density at radius 3 is 1.40 bits per heavy atom. The topological polar surface area (TPSA) is 58.6 Å². The molecule has 0 fully saturated rings. The smallest absolute Gasteiger partial charge is 0.268 e. The zero-order valence-electron chi connectivity index (χ0n) is 22.5. The Bertz CT molecular complexity index is 746. The van der Waals surface area contributed by atoms with E-state index in [0.29, 0.717) is 0 Å². The zero-order valence-corrected chi connectivity index (χ0v) is 23.4. The van der Waals surface area contributed by atoms with Crippen molar-refractivity contribution < 1.29 is 23.0 Å². The van der Waals surface area contributed by atoms with Crippen molar-refractivity contribution in [3.63, 3.8) is 0 Å². The highest BCUT2D eigenvalue weighted by molar-refractivity contribution is 7.45. The lowest BCUT2D eigenvalue weighted by Gasteiger charge is -2.23. The largest absolute Gasteiger partial charge is 0.756 e. The summed E-state index contributed by atoms with van der Waals surface area (Å²) in [7, 11) is 2.58. The summed E-state index contributed by atoms with van der Waals surface area (Å²) in [5, 5.41) is 0. The maximum absolute atomic E-state index is 11.6. The van der Waals surface area contributed by atoms with Crippen LogP contribution >= 0.6 is 7.82 Å². The molecule has 0 aliphatic rings. The summed E-state index contributed by atoms with van der Waals surface area (Å²) in [4.78, 5) is 11.6. The highest BCUT2D eigenvalue weighted by Crippen LogP contribution is 2.40. The summed E-state index contributed by atoms with van der Waals surface area (Å²) >= 11 is 0. The lowest BCUT2D eigenvalue weighted by molar-refractivity contribution is -0.870. The molecule has 6 heteroatoms. The molecule has 0 heterocycles. The van der Waals surface area contributed by atoms with Crippen molar-refractivity contribution in [3.05, 3.63) is 71.8 Å². The summed E-state index contributed by atoms with van der Waals surface area (Å²) in [6.07, 6.45) is 14.4. The van der Waals surface area contributed by atoms with Crippen LogP contribution in [0.2, 0.25) is 0 Å². The van der Waals surface area contributed by atoms with Gasteiger partial charge in [0.25, 0.3) is 7.82 Å². The van der Waals surface area contributed by atoms with Gasteiger partial charge in [-0.2, -0.15) is 0 Å². The van der Waals surface area contributed by atoms with Gasteiger partial charge in [-0.05, 0) is 24.0 Å². The van der Waals surface area contributed by atoms with Gasteiger partial charge >= 0.3 is 0 Å². The van der Waals surface area contributed by atoms with Gasteiger partial charge < -0.3 is 18.4 Å². The van der Waals surface area contributed by atoms with Gasteiger partial charge in [0.05, 0.1) is 40.9 Å². The monoisotopic (exact) mass is 505 g/mol. The number of quaternary nitrogens is 1. The predicted octanol–water partition coefficient (Wildman–Crippen LogP) is 7.50. The molecule has 0 saturated heterocycles. The normalized spacial score (nSPS) is 11.7. The lowest BCUT2D eigenvalue weighted by atomic mass is 10.1. The van der Waals surface area contributed by atoms with E-state index in [1.165, 1.54) is 70.8 Å². The van der Waals surface area contributed by atoms with Crippen LogP contribution in [0.4, 0.5) is 0 Å². The van der Waals surface area contributed by atoms with E-state index in [1.807, 2.05) is 36.4 Å². The quantitative estimate of drug-likeness (QED) is 0.127. The Morgan fingerprint density at radius 2 is 1.03 bits per heavy atom. The van der Waals surface area contributed by atoms with Crippen LogP contribution < -0.4 is 4.89 Å². The van der Waals surface area contributed by atoms with Crippen molar-refractivity contribution in [1.82, 2.24) is 0 Å². The first-order chi connectivity index (χ1) is 16.7. The number of benzene rings is 2. The summed E-state index contributed by atoms with van der Waals surface area (Å²) in [5.74, 6) is 0. The molecule has 0 aromatic heterocycles. The number of unbranched alkanes of at least 4 members (excludes halogenated alkanes) is 9. The van der Waals surface area contributed by atoms with E-state index in [2.05, 4.69) is 28.1 Å². The van der Waals surface area contributed by atoms with Crippen LogP contribution in [0.5, 0.6) is 0 Å². The predicted molar refractivity (Wildman–Crippen MR) is 145 cm³/mol. The molecule has 0 amide bonds. The number of rotatable bonds is 17. The van der Waals surface area contributed by atoms with Crippen molar-refractivity contribution in [2.24, 2.45) is 0 Å². The molecule has 0 aliphatic heterocycles. The van der Waals surface area contributed by atoms with E-state index in [1.54, 1.807) is 24.3 Å². The molecule has 0 bridgehead atoms. The average Bonchev–Trinajstić information content (AvgIpc) is 2.84. The van der Waals surface area contributed by atoms with Gasteiger partial charge in [0, 0.05) is 0 Å². The van der Waals surface area contributed by atoms with Crippen LogP contribution in [0.3, 0.4) is 0 Å². The molecule has 0 spiro atoms. The van der Waals surface area contributed by atoms with Gasteiger partial charge in [-0.3, -0.25) is 4.57 Å². The molecule has 0 radical (unpaired) electrons. The summed E-state index contributed by atoms with van der Waals surface area (Å²) in [6.45, 7) is 3.58. The maximum Gasteiger partial charge on any atom is 0.268 e. The Labute approximate surface area is 214 Å². The standard InChI is InChI=1S/C15H34N.C14H15O4P/c1-5-6-7-8-9-10-11-12-13-14-15-16(2,3)4;15-19(16,17-11-13-7-3-1-4-8-13)18-12-14-9-5-2-6-10-14/h5-15H2,1-4H3;1-10H,11-12H2,(H,15,16)/q+1;/p-1. The van der Waals surface area contributed by atoms with Crippen molar-refractivity contribution in [2.75, 3.05) is 27.7 Å². The van der Waals surface area contributed by atoms with Crippen LogP contribution in [0.1, 0.15) is 82.3 Å². The Morgan fingerprint density at radius 1 is 0.657 bits per heavy atom. The van der Waals surface area contributed by atoms with Gasteiger partial charge in [-0.1, -0.05) is 119 Å². The van der Waals surface area contributed by atoms with E-state index in [-0.39, 0.29) is 13.2 Å². The first-order valence-electron chi connectivity index (χ1n) is 13.2. The van der Waals surface area contributed by atoms with E-state index in [9.17, 15) is 9.46 Å². The minimum Gasteiger partial charge on any atom is -0.756 e. The van der Waals surface area contributed by atoms with E-state index in [4.69, 9.17) is 9.05 Å². The maximum atomic E-state index is 11.6. The minimum atomic E-state index is -4.27. The molecule has 5 nitrogen and oxygen atoms in total. The fourth-order valence-electron chi connectivity index (χ4n) is 3.57. The fourth-order valence-corrected chi connectivity index (χ4v) is 4.26. The highest BCUT2D eigenvalue weighted by Gasteiger charge is 2.10. The average molecular weight is 506 g/mol. The molecule has 35 heavy (non-hydrogen) atoms.